The van der Waals surface area contributed by atoms with E-state index in [1.165, 1.54) is 5.69 Å². The summed E-state index contributed by atoms with van der Waals surface area (Å²) in [5.74, 6) is -0.0971. The fourth-order valence-corrected chi connectivity index (χ4v) is 3.08. The third kappa shape index (κ3) is 3.99. The SMILES string of the molecule is CCN(CC)c1ccc(C=C2N=C(c3cccc(Br)c3)OC2=O)cc1. The summed E-state index contributed by atoms with van der Waals surface area (Å²) in [4.78, 5) is 18.7. The number of halogens is 1. The fourth-order valence-electron chi connectivity index (χ4n) is 2.68. The van der Waals surface area contributed by atoms with Gasteiger partial charge in [-0.05, 0) is 55.8 Å². The number of carbonyl (C=O) groups excluding carboxylic acids is 1. The van der Waals surface area contributed by atoms with Crippen LogP contribution < -0.4 is 4.90 Å². The number of anilines is 1. The molecule has 3 rings (SSSR count). The zero-order valence-electron chi connectivity index (χ0n) is 14.2. The van der Waals surface area contributed by atoms with Crippen molar-refractivity contribution in [3.63, 3.8) is 0 Å². The van der Waals surface area contributed by atoms with E-state index in [0.717, 1.165) is 28.7 Å². The monoisotopic (exact) mass is 398 g/mol. The first kappa shape index (κ1) is 17.4. The lowest BCUT2D eigenvalue weighted by molar-refractivity contribution is -0.129. The molecule has 128 valence electrons. The first-order valence-electron chi connectivity index (χ1n) is 8.24. The highest BCUT2D eigenvalue weighted by molar-refractivity contribution is 9.10. The lowest BCUT2D eigenvalue weighted by atomic mass is 10.1. The molecule has 0 amide bonds. The first-order chi connectivity index (χ1) is 12.1. The molecule has 0 N–H and O–H groups in total. The fraction of sp³-hybridized carbons (Fsp3) is 0.200. The number of hydrogen-bond acceptors (Lipinski definition) is 4. The molecule has 25 heavy (non-hydrogen) atoms. The number of benzene rings is 2. The molecular weight excluding hydrogens is 380 g/mol. The zero-order valence-corrected chi connectivity index (χ0v) is 15.8. The van der Waals surface area contributed by atoms with E-state index in [1.807, 2.05) is 36.4 Å². The van der Waals surface area contributed by atoms with Crippen LogP contribution in [0, 0.1) is 0 Å². The largest absolute Gasteiger partial charge is 0.402 e. The van der Waals surface area contributed by atoms with Crippen molar-refractivity contribution in [2.45, 2.75) is 13.8 Å². The van der Waals surface area contributed by atoms with Crippen molar-refractivity contribution in [1.29, 1.82) is 0 Å². The Morgan fingerprint density at radius 2 is 1.84 bits per heavy atom. The summed E-state index contributed by atoms with van der Waals surface area (Å²) in [6, 6.07) is 15.6. The molecule has 5 heteroatoms. The molecule has 1 aliphatic heterocycles. The molecule has 0 aliphatic carbocycles. The second-order valence-corrected chi connectivity index (χ2v) is 6.53. The number of hydrogen-bond donors (Lipinski definition) is 0. The summed E-state index contributed by atoms with van der Waals surface area (Å²) in [6.07, 6.45) is 1.75. The van der Waals surface area contributed by atoms with Crippen LogP contribution in [-0.2, 0) is 9.53 Å². The highest BCUT2D eigenvalue weighted by Gasteiger charge is 2.24. The molecule has 1 aliphatic rings. The van der Waals surface area contributed by atoms with Gasteiger partial charge in [0.1, 0.15) is 0 Å². The predicted molar refractivity (Wildman–Crippen MR) is 105 cm³/mol. The van der Waals surface area contributed by atoms with Crippen molar-refractivity contribution < 1.29 is 9.53 Å². The lowest BCUT2D eigenvalue weighted by Gasteiger charge is -2.20. The van der Waals surface area contributed by atoms with Crippen LogP contribution >= 0.6 is 15.9 Å². The molecule has 0 radical (unpaired) electrons. The maximum Gasteiger partial charge on any atom is 0.363 e. The topological polar surface area (TPSA) is 41.9 Å². The summed E-state index contributed by atoms with van der Waals surface area (Å²) >= 11 is 3.41. The van der Waals surface area contributed by atoms with Crippen LogP contribution in [0.25, 0.3) is 6.08 Å². The molecule has 0 bridgehead atoms. The third-order valence-corrected chi connectivity index (χ3v) is 4.51. The standard InChI is InChI=1S/C20H19BrN2O2/c1-3-23(4-2)17-10-8-14(9-11-17)12-18-20(24)25-19(22-18)15-6-5-7-16(21)13-15/h5-13H,3-4H2,1-2H3. The van der Waals surface area contributed by atoms with Crippen molar-refractivity contribution >= 4 is 39.6 Å². The number of esters is 1. The van der Waals surface area contributed by atoms with Crippen molar-refractivity contribution in [3.05, 3.63) is 69.8 Å². The predicted octanol–water partition coefficient (Wildman–Crippen LogP) is 4.64. The number of ether oxygens (including phenoxy) is 1. The molecule has 0 fully saturated rings. The van der Waals surface area contributed by atoms with Crippen molar-refractivity contribution in [2.75, 3.05) is 18.0 Å². The van der Waals surface area contributed by atoms with E-state index in [-0.39, 0.29) is 0 Å². The Hall–Kier alpha value is -2.40. The summed E-state index contributed by atoms with van der Waals surface area (Å²) in [5.41, 5.74) is 3.16. The average Bonchev–Trinajstić information content (AvgIpc) is 2.98. The lowest BCUT2D eigenvalue weighted by Crippen LogP contribution is -2.21. The van der Waals surface area contributed by atoms with Crippen LogP contribution in [-0.4, -0.2) is 25.0 Å². The van der Waals surface area contributed by atoms with Gasteiger partial charge in [-0.25, -0.2) is 9.79 Å². The van der Waals surface area contributed by atoms with Crippen LogP contribution in [0.4, 0.5) is 5.69 Å². The highest BCUT2D eigenvalue weighted by atomic mass is 79.9. The van der Waals surface area contributed by atoms with E-state index >= 15 is 0 Å². The van der Waals surface area contributed by atoms with Gasteiger partial charge in [-0.1, -0.05) is 34.1 Å². The van der Waals surface area contributed by atoms with Gasteiger partial charge >= 0.3 is 5.97 Å². The Labute approximate surface area is 156 Å². The highest BCUT2D eigenvalue weighted by Crippen LogP contribution is 2.22. The van der Waals surface area contributed by atoms with E-state index < -0.39 is 5.97 Å². The van der Waals surface area contributed by atoms with Crippen LogP contribution in [0.15, 0.2) is 63.7 Å². The van der Waals surface area contributed by atoms with E-state index in [2.05, 4.69) is 51.8 Å². The first-order valence-corrected chi connectivity index (χ1v) is 9.03. The minimum Gasteiger partial charge on any atom is -0.402 e. The molecule has 0 unspecified atom stereocenters. The Morgan fingerprint density at radius 1 is 1.12 bits per heavy atom. The Kier molecular flexibility index (Phi) is 5.34. The number of rotatable bonds is 5. The van der Waals surface area contributed by atoms with Gasteiger partial charge in [-0.15, -0.1) is 0 Å². The smallest absolute Gasteiger partial charge is 0.363 e. The Morgan fingerprint density at radius 3 is 2.48 bits per heavy atom. The van der Waals surface area contributed by atoms with Crippen molar-refractivity contribution in [3.8, 4) is 0 Å². The van der Waals surface area contributed by atoms with E-state index in [1.54, 1.807) is 6.08 Å². The maximum absolute atomic E-state index is 12.1. The number of carbonyl (C=O) groups is 1. The summed E-state index contributed by atoms with van der Waals surface area (Å²) in [5, 5.41) is 0. The molecule has 0 aromatic heterocycles. The normalized spacial score (nSPS) is 15.2. The Bertz CT molecular complexity index is 837. The molecule has 1 heterocycles. The van der Waals surface area contributed by atoms with Crippen LogP contribution in [0.2, 0.25) is 0 Å². The van der Waals surface area contributed by atoms with Crippen LogP contribution in [0.3, 0.4) is 0 Å². The van der Waals surface area contributed by atoms with Gasteiger partial charge in [0.25, 0.3) is 0 Å². The number of cyclic esters (lactones) is 1. The minimum atomic E-state index is -0.428. The van der Waals surface area contributed by atoms with Crippen molar-refractivity contribution in [1.82, 2.24) is 0 Å². The molecule has 2 aromatic carbocycles. The van der Waals surface area contributed by atoms with Gasteiger partial charge in [0.05, 0.1) is 0 Å². The van der Waals surface area contributed by atoms with Gasteiger partial charge < -0.3 is 9.64 Å². The van der Waals surface area contributed by atoms with Gasteiger partial charge in [0.15, 0.2) is 5.70 Å². The Balaban J connectivity index is 1.84. The molecule has 0 saturated heterocycles. The number of nitrogens with zero attached hydrogens (tertiary/aromatic N) is 2. The number of aliphatic imine (C=N–C) groups is 1. The van der Waals surface area contributed by atoms with Crippen molar-refractivity contribution in [2.24, 2.45) is 4.99 Å². The molecule has 4 nitrogen and oxygen atoms in total. The molecule has 0 atom stereocenters. The van der Waals surface area contributed by atoms with Crippen LogP contribution in [0.5, 0.6) is 0 Å². The second-order valence-electron chi connectivity index (χ2n) is 5.61. The average molecular weight is 399 g/mol. The second kappa shape index (κ2) is 7.66. The minimum absolute atomic E-state index is 0.311. The molecular formula is C20H19BrN2O2. The summed E-state index contributed by atoms with van der Waals surface area (Å²) in [7, 11) is 0. The third-order valence-electron chi connectivity index (χ3n) is 4.02. The maximum atomic E-state index is 12.1. The zero-order chi connectivity index (χ0) is 17.8. The van der Waals surface area contributed by atoms with E-state index in [9.17, 15) is 4.79 Å². The van der Waals surface area contributed by atoms with Gasteiger partial charge in [0, 0.05) is 28.8 Å². The summed E-state index contributed by atoms with van der Waals surface area (Å²) < 4.78 is 6.21. The molecule has 2 aromatic rings. The van der Waals surface area contributed by atoms with Gasteiger partial charge in [-0.2, -0.15) is 0 Å². The van der Waals surface area contributed by atoms with Gasteiger partial charge in [-0.3, -0.25) is 0 Å². The molecule has 0 spiro atoms. The summed E-state index contributed by atoms with van der Waals surface area (Å²) in [6.45, 7) is 6.19. The van der Waals surface area contributed by atoms with E-state index in [4.69, 9.17) is 4.74 Å². The van der Waals surface area contributed by atoms with Gasteiger partial charge in [0.2, 0.25) is 5.90 Å². The quantitative estimate of drug-likeness (QED) is 0.544. The molecule has 0 saturated carbocycles. The van der Waals surface area contributed by atoms with E-state index in [0.29, 0.717) is 11.6 Å². The van der Waals surface area contributed by atoms with Crippen LogP contribution in [0.1, 0.15) is 25.0 Å².